The Balaban J connectivity index is 3.07. The zero-order chi connectivity index (χ0) is 12.6. The SMILES string of the molecule is C=CS(=O)(=O)N1CC(C)(C)CC1C(=O)OC. The Kier molecular flexibility index (Phi) is 3.44. The molecule has 0 aliphatic carbocycles. The standard InChI is InChI=1S/C10H17NO4S/c1-5-16(13,14)11-7-10(2,3)6-8(11)9(12)15-4/h5,8H,1,6-7H2,2-4H3. The molecule has 1 aliphatic heterocycles. The molecule has 5 nitrogen and oxygen atoms in total. The van der Waals surface area contributed by atoms with Crippen molar-refractivity contribution in [3.63, 3.8) is 0 Å². The van der Waals surface area contributed by atoms with E-state index in [0.717, 1.165) is 9.71 Å². The molecule has 6 heteroatoms. The van der Waals surface area contributed by atoms with Gasteiger partial charge >= 0.3 is 5.97 Å². The van der Waals surface area contributed by atoms with Crippen LogP contribution < -0.4 is 0 Å². The Morgan fingerprint density at radius 2 is 2.12 bits per heavy atom. The van der Waals surface area contributed by atoms with Gasteiger partial charge in [0.05, 0.1) is 7.11 Å². The van der Waals surface area contributed by atoms with E-state index in [0.29, 0.717) is 13.0 Å². The van der Waals surface area contributed by atoms with Crippen molar-refractivity contribution in [1.29, 1.82) is 0 Å². The molecule has 92 valence electrons. The van der Waals surface area contributed by atoms with Crippen molar-refractivity contribution in [2.45, 2.75) is 26.3 Å². The van der Waals surface area contributed by atoms with Gasteiger partial charge in [0.15, 0.2) is 0 Å². The predicted molar refractivity (Wildman–Crippen MR) is 60.0 cm³/mol. The van der Waals surface area contributed by atoms with Crippen molar-refractivity contribution < 1.29 is 17.9 Å². The fourth-order valence-corrected chi connectivity index (χ4v) is 3.16. The van der Waals surface area contributed by atoms with Crippen LogP contribution in [0.5, 0.6) is 0 Å². The molecule has 0 radical (unpaired) electrons. The quantitative estimate of drug-likeness (QED) is 0.690. The number of ether oxygens (including phenoxy) is 1. The maximum atomic E-state index is 11.7. The van der Waals surface area contributed by atoms with E-state index in [9.17, 15) is 13.2 Å². The lowest BCUT2D eigenvalue weighted by molar-refractivity contribution is -0.144. The molecule has 0 bridgehead atoms. The maximum absolute atomic E-state index is 11.7. The topological polar surface area (TPSA) is 63.7 Å². The first kappa shape index (κ1) is 13.2. The Bertz CT molecular complexity index is 399. The number of carbonyl (C=O) groups excluding carboxylic acids is 1. The first-order chi connectivity index (χ1) is 7.23. The van der Waals surface area contributed by atoms with Gasteiger partial charge in [0.1, 0.15) is 6.04 Å². The summed E-state index contributed by atoms with van der Waals surface area (Å²) in [5, 5.41) is 0.865. The van der Waals surface area contributed by atoms with Crippen LogP contribution in [0.3, 0.4) is 0 Å². The Morgan fingerprint density at radius 3 is 2.56 bits per heavy atom. The summed E-state index contributed by atoms with van der Waals surface area (Å²) >= 11 is 0. The van der Waals surface area contributed by atoms with E-state index in [4.69, 9.17) is 0 Å². The molecule has 1 aliphatic rings. The molecule has 1 rings (SSSR count). The van der Waals surface area contributed by atoms with Crippen molar-refractivity contribution in [2.75, 3.05) is 13.7 Å². The molecule has 1 heterocycles. The summed E-state index contributed by atoms with van der Waals surface area (Å²) in [6, 6.07) is -0.733. The van der Waals surface area contributed by atoms with Crippen LogP contribution in [0.25, 0.3) is 0 Å². The maximum Gasteiger partial charge on any atom is 0.324 e. The summed E-state index contributed by atoms with van der Waals surface area (Å²) in [6.45, 7) is 7.41. The van der Waals surface area contributed by atoms with Gasteiger partial charge in [-0.3, -0.25) is 4.79 Å². The molecule has 0 aromatic rings. The van der Waals surface area contributed by atoms with Gasteiger partial charge in [-0.1, -0.05) is 20.4 Å². The number of hydrogen-bond donors (Lipinski definition) is 0. The minimum absolute atomic E-state index is 0.227. The molecular formula is C10H17NO4S. The molecule has 0 saturated carbocycles. The molecule has 16 heavy (non-hydrogen) atoms. The van der Waals surface area contributed by atoms with Crippen LogP contribution in [0.4, 0.5) is 0 Å². The molecule has 1 fully saturated rings. The minimum atomic E-state index is -3.58. The third-order valence-electron chi connectivity index (χ3n) is 2.69. The van der Waals surface area contributed by atoms with E-state index in [1.54, 1.807) is 0 Å². The highest BCUT2D eigenvalue weighted by Crippen LogP contribution is 2.36. The summed E-state index contributed by atoms with van der Waals surface area (Å²) < 4.78 is 29.2. The van der Waals surface area contributed by atoms with Crippen LogP contribution in [0.1, 0.15) is 20.3 Å². The molecule has 1 unspecified atom stereocenters. The van der Waals surface area contributed by atoms with Crippen LogP contribution in [-0.2, 0) is 19.6 Å². The third kappa shape index (κ3) is 2.44. The molecule has 0 N–H and O–H groups in total. The second-order valence-corrected chi connectivity index (χ2v) is 6.50. The largest absolute Gasteiger partial charge is 0.468 e. The van der Waals surface area contributed by atoms with E-state index in [1.807, 2.05) is 13.8 Å². The first-order valence-corrected chi connectivity index (χ1v) is 6.46. The minimum Gasteiger partial charge on any atom is -0.468 e. The van der Waals surface area contributed by atoms with Crippen LogP contribution in [-0.4, -0.2) is 38.4 Å². The number of methoxy groups -OCH3 is 1. The molecule has 0 aromatic heterocycles. The van der Waals surface area contributed by atoms with Crippen molar-refractivity contribution in [1.82, 2.24) is 4.31 Å². The third-order valence-corrected chi connectivity index (χ3v) is 4.15. The number of carbonyl (C=O) groups is 1. The molecule has 1 atom stereocenters. The van der Waals surface area contributed by atoms with Crippen molar-refractivity contribution >= 4 is 16.0 Å². The Hall–Kier alpha value is -0.880. The van der Waals surface area contributed by atoms with Crippen molar-refractivity contribution in [3.8, 4) is 0 Å². The predicted octanol–water partition coefficient (Wildman–Crippen LogP) is 0.733. The lowest BCUT2D eigenvalue weighted by Gasteiger charge is -2.20. The first-order valence-electron chi connectivity index (χ1n) is 4.95. The normalized spacial score (nSPS) is 25.3. The average Bonchev–Trinajstić information content (AvgIpc) is 2.54. The van der Waals surface area contributed by atoms with E-state index in [-0.39, 0.29) is 5.41 Å². The zero-order valence-corrected chi connectivity index (χ0v) is 10.6. The Morgan fingerprint density at radius 1 is 1.56 bits per heavy atom. The lowest BCUT2D eigenvalue weighted by atomic mass is 9.91. The number of rotatable bonds is 3. The summed E-state index contributed by atoms with van der Waals surface area (Å²) in [5.41, 5.74) is -0.227. The molecule has 1 saturated heterocycles. The fraction of sp³-hybridized carbons (Fsp3) is 0.700. The van der Waals surface area contributed by atoms with Crippen molar-refractivity contribution in [3.05, 3.63) is 12.0 Å². The molecule has 0 spiro atoms. The van der Waals surface area contributed by atoms with E-state index in [1.165, 1.54) is 7.11 Å². The van der Waals surface area contributed by atoms with Gasteiger partial charge in [-0.25, -0.2) is 8.42 Å². The van der Waals surface area contributed by atoms with Gasteiger partial charge in [-0.2, -0.15) is 4.31 Å². The van der Waals surface area contributed by atoms with Gasteiger partial charge in [-0.05, 0) is 11.8 Å². The fourth-order valence-electron chi connectivity index (χ4n) is 1.92. The highest BCUT2D eigenvalue weighted by Gasteiger charge is 2.46. The summed E-state index contributed by atoms with van der Waals surface area (Å²) in [6.07, 6.45) is 0.465. The molecule has 0 aromatic carbocycles. The van der Waals surface area contributed by atoms with Crippen LogP contribution >= 0.6 is 0 Å². The summed E-state index contributed by atoms with van der Waals surface area (Å²) in [7, 11) is -2.32. The second-order valence-electron chi connectivity index (χ2n) is 4.66. The highest BCUT2D eigenvalue weighted by atomic mass is 32.2. The molecule has 0 amide bonds. The van der Waals surface area contributed by atoms with Gasteiger partial charge in [-0.15, -0.1) is 0 Å². The van der Waals surface area contributed by atoms with Gasteiger partial charge in [0.2, 0.25) is 10.0 Å². The summed E-state index contributed by atoms with van der Waals surface area (Å²) in [5.74, 6) is -0.518. The highest BCUT2D eigenvalue weighted by molar-refractivity contribution is 7.92. The molecular weight excluding hydrogens is 230 g/mol. The lowest BCUT2D eigenvalue weighted by Crippen LogP contribution is -2.40. The zero-order valence-electron chi connectivity index (χ0n) is 9.76. The van der Waals surface area contributed by atoms with E-state index >= 15 is 0 Å². The monoisotopic (exact) mass is 247 g/mol. The second kappa shape index (κ2) is 4.18. The van der Waals surface area contributed by atoms with Gasteiger partial charge in [0, 0.05) is 12.0 Å². The van der Waals surface area contributed by atoms with Crippen molar-refractivity contribution in [2.24, 2.45) is 5.41 Å². The number of sulfonamides is 1. The number of esters is 1. The summed E-state index contributed by atoms with van der Waals surface area (Å²) in [4.78, 5) is 11.5. The van der Waals surface area contributed by atoms with Gasteiger partial charge in [0.25, 0.3) is 0 Å². The van der Waals surface area contributed by atoms with E-state index < -0.39 is 22.0 Å². The smallest absolute Gasteiger partial charge is 0.324 e. The van der Waals surface area contributed by atoms with Gasteiger partial charge < -0.3 is 4.74 Å². The van der Waals surface area contributed by atoms with E-state index in [2.05, 4.69) is 11.3 Å². The van der Waals surface area contributed by atoms with Crippen LogP contribution in [0.15, 0.2) is 12.0 Å². The average molecular weight is 247 g/mol. The Labute approximate surface area is 96.1 Å². The number of nitrogens with zero attached hydrogens (tertiary/aromatic N) is 1. The van der Waals surface area contributed by atoms with Crippen LogP contribution in [0.2, 0.25) is 0 Å². The van der Waals surface area contributed by atoms with Crippen LogP contribution in [0, 0.1) is 5.41 Å². The number of hydrogen-bond acceptors (Lipinski definition) is 4.